The summed E-state index contributed by atoms with van der Waals surface area (Å²) < 4.78 is 0. The number of hydrogen-bond acceptors (Lipinski definition) is 4. The molecule has 0 radical (unpaired) electrons. The number of nitrogens with two attached hydrogens (primary N) is 1. The highest BCUT2D eigenvalue weighted by Gasteiger charge is 2.09. The highest BCUT2D eigenvalue weighted by Crippen LogP contribution is 2.29. The van der Waals surface area contributed by atoms with Gasteiger partial charge in [-0.25, -0.2) is 4.98 Å². The third-order valence-corrected chi connectivity index (χ3v) is 4.16. The minimum absolute atomic E-state index is 0.195. The van der Waals surface area contributed by atoms with Crippen molar-refractivity contribution in [3.05, 3.63) is 44.3 Å². The second-order valence-corrected chi connectivity index (χ2v) is 5.69. The molecule has 18 heavy (non-hydrogen) atoms. The zero-order chi connectivity index (χ0) is 13.1. The van der Waals surface area contributed by atoms with Crippen LogP contribution in [0.2, 0.25) is 10.0 Å². The molecule has 0 fully saturated rings. The predicted octanol–water partition coefficient (Wildman–Crippen LogP) is 3.88. The van der Waals surface area contributed by atoms with Crippen molar-refractivity contribution >= 4 is 40.2 Å². The first kappa shape index (κ1) is 13.6. The van der Waals surface area contributed by atoms with Crippen molar-refractivity contribution in [3.63, 3.8) is 0 Å². The Hall–Kier alpha value is -0.810. The number of nitrogen functional groups attached to an aromatic ring is 1. The standard InChI is InChI=1S/C12H13Cl2N3S/c1-7(12-16-2-3-18-12)17-6-8-4-9(13)11(15)10(14)5-8/h2-5,7,17H,6,15H2,1H3. The molecular weight excluding hydrogens is 289 g/mol. The van der Waals surface area contributed by atoms with E-state index >= 15 is 0 Å². The van der Waals surface area contributed by atoms with E-state index in [1.807, 2.05) is 17.5 Å². The van der Waals surface area contributed by atoms with Crippen LogP contribution in [0.1, 0.15) is 23.5 Å². The van der Waals surface area contributed by atoms with E-state index in [4.69, 9.17) is 28.9 Å². The van der Waals surface area contributed by atoms with Crippen LogP contribution in [-0.4, -0.2) is 4.98 Å². The fourth-order valence-corrected chi connectivity index (χ4v) is 2.75. The minimum atomic E-state index is 0.195. The van der Waals surface area contributed by atoms with E-state index in [-0.39, 0.29) is 6.04 Å². The highest BCUT2D eigenvalue weighted by atomic mass is 35.5. The Labute approximate surface area is 120 Å². The number of nitrogens with zero attached hydrogens (tertiary/aromatic N) is 1. The monoisotopic (exact) mass is 301 g/mol. The molecule has 0 aliphatic carbocycles. The lowest BCUT2D eigenvalue weighted by Crippen LogP contribution is -2.17. The summed E-state index contributed by atoms with van der Waals surface area (Å²) in [5, 5.41) is 7.36. The lowest BCUT2D eigenvalue weighted by atomic mass is 10.2. The van der Waals surface area contributed by atoms with Gasteiger partial charge < -0.3 is 11.1 Å². The van der Waals surface area contributed by atoms with E-state index in [1.165, 1.54) is 0 Å². The molecule has 0 saturated carbocycles. The lowest BCUT2D eigenvalue weighted by molar-refractivity contribution is 0.572. The molecule has 1 aromatic carbocycles. The molecule has 0 aliphatic heterocycles. The fourth-order valence-electron chi connectivity index (χ4n) is 1.55. The summed E-state index contributed by atoms with van der Waals surface area (Å²) >= 11 is 13.6. The molecular formula is C12H13Cl2N3S. The molecule has 2 rings (SSSR count). The smallest absolute Gasteiger partial charge is 0.109 e. The zero-order valence-corrected chi connectivity index (χ0v) is 12.1. The maximum Gasteiger partial charge on any atom is 0.109 e. The van der Waals surface area contributed by atoms with Crippen LogP contribution in [0.3, 0.4) is 0 Å². The van der Waals surface area contributed by atoms with Crippen LogP contribution in [-0.2, 0) is 6.54 Å². The van der Waals surface area contributed by atoms with Crippen molar-refractivity contribution in [1.82, 2.24) is 10.3 Å². The maximum atomic E-state index is 5.99. The van der Waals surface area contributed by atoms with Crippen molar-refractivity contribution in [3.8, 4) is 0 Å². The Bertz CT molecular complexity index is 505. The molecule has 2 aromatic rings. The van der Waals surface area contributed by atoms with Crippen LogP contribution in [0, 0.1) is 0 Å². The quantitative estimate of drug-likeness (QED) is 0.843. The van der Waals surface area contributed by atoms with Crippen LogP contribution in [0.5, 0.6) is 0 Å². The Morgan fingerprint density at radius 3 is 2.61 bits per heavy atom. The van der Waals surface area contributed by atoms with E-state index in [2.05, 4.69) is 17.2 Å². The summed E-state index contributed by atoms with van der Waals surface area (Å²) in [5.41, 5.74) is 7.12. The minimum Gasteiger partial charge on any atom is -0.396 e. The van der Waals surface area contributed by atoms with Crippen molar-refractivity contribution in [2.45, 2.75) is 19.5 Å². The molecule has 3 nitrogen and oxygen atoms in total. The Morgan fingerprint density at radius 1 is 1.39 bits per heavy atom. The summed E-state index contributed by atoms with van der Waals surface area (Å²) in [5.74, 6) is 0. The molecule has 0 aliphatic rings. The summed E-state index contributed by atoms with van der Waals surface area (Å²) in [6.07, 6.45) is 1.80. The number of benzene rings is 1. The normalized spacial score (nSPS) is 12.6. The molecule has 0 saturated heterocycles. The number of rotatable bonds is 4. The molecule has 0 spiro atoms. The van der Waals surface area contributed by atoms with Gasteiger partial charge in [0.05, 0.1) is 21.8 Å². The molecule has 3 N–H and O–H groups in total. The topological polar surface area (TPSA) is 50.9 Å². The van der Waals surface area contributed by atoms with Crippen LogP contribution in [0.25, 0.3) is 0 Å². The molecule has 1 unspecified atom stereocenters. The number of thiazole rings is 1. The van der Waals surface area contributed by atoms with Gasteiger partial charge in [-0.15, -0.1) is 11.3 Å². The van der Waals surface area contributed by atoms with Crippen LogP contribution >= 0.6 is 34.5 Å². The van der Waals surface area contributed by atoms with E-state index in [0.29, 0.717) is 22.3 Å². The molecule has 0 amide bonds. The number of halogens is 2. The Kier molecular flexibility index (Phi) is 4.45. The van der Waals surface area contributed by atoms with Gasteiger partial charge in [0.2, 0.25) is 0 Å². The van der Waals surface area contributed by atoms with Gasteiger partial charge in [0, 0.05) is 18.1 Å². The SMILES string of the molecule is CC(NCc1cc(Cl)c(N)c(Cl)c1)c1nccs1. The van der Waals surface area contributed by atoms with E-state index in [0.717, 1.165) is 10.6 Å². The van der Waals surface area contributed by atoms with E-state index < -0.39 is 0 Å². The van der Waals surface area contributed by atoms with Gasteiger partial charge in [-0.05, 0) is 24.6 Å². The molecule has 1 heterocycles. The first-order chi connectivity index (χ1) is 8.58. The largest absolute Gasteiger partial charge is 0.396 e. The first-order valence-electron chi connectivity index (χ1n) is 5.44. The Morgan fingerprint density at radius 2 is 2.06 bits per heavy atom. The summed E-state index contributed by atoms with van der Waals surface area (Å²) in [7, 11) is 0. The van der Waals surface area contributed by atoms with Crippen molar-refractivity contribution in [1.29, 1.82) is 0 Å². The number of aromatic nitrogens is 1. The summed E-state index contributed by atoms with van der Waals surface area (Å²) in [4.78, 5) is 4.26. The average molecular weight is 302 g/mol. The van der Waals surface area contributed by atoms with Gasteiger partial charge in [-0.3, -0.25) is 0 Å². The van der Waals surface area contributed by atoms with Crippen molar-refractivity contribution in [2.24, 2.45) is 0 Å². The predicted molar refractivity (Wildman–Crippen MR) is 78.2 cm³/mol. The summed E-state index contributed by atoms with van der Waals surface area (Å²) in [6, 6.07) is 3.84. The van der Waals surface area contributed by atoms with Crippen LogP contribution in [0.4, 0.5) is 5.69 Å². The lowest BCUT2D eigenvalue weighted by Gasteiger charge is -2.12. The van der Waals surface area contributed by atoms with Crippen LogP contribution < -0.4 is 11.1 Å². The third kappa shape index (κ3) is 3.14. The number of hydrogen-bond donors (Lipinski definition) is 2. The van der Waals surface area contributed by atoms with Gasteiger partial charge in [0.15, 0.2) is 0 Å². The van der Waals surface area contributed by atoms with Gasteiger partial charge in [-0.2, -0.15) is 0 Å². The zero-order valence-electron chi connectivity index (χ0n) is 9.78. The van der Waals surface area contributed by atoms with Gasteiger partial charge in [0.25, 0.3) is 0 Å². The third-order valence-electron chi connectivity index (χ3n) is 2.57. The number of nitrogens with one attached hydrogen (secondary N) is 1. The first-order valence-corrected chi connectivity index (χ1v) is 7.07. The Balaban J connectivity index is 2.02. The fraction of sp³-hybridized carbons (Fsp3) is 0.250. The van der Waals surface area contributed by atoms with E-state index in [1.54, 1.807) is 17.5 Å². The second kappa shape index (κ2) is 5.89. The van der Waals surface area contributed by atoms with Gasteiger partial charge in [0.1, 0.15) is 5.01 Å². The number of anilines is 1. The average Bonchev–Trinajstić information content (AvgIpc) is 2.86. The molecule has 1 aromatic heterocycles. The van der Waals surface area contributed by atoms with Gasteiger partial charge in [-0.1, -0.05) is 23.2 Å². The van der Waals surface area contributed by atoms with Gasteiger partial charge >= 0.3 is 0 Å². The highest BCUT2D eigenvalue weighted by molar-refractivity contribution is 7.09. The molecule has 1 atom stereocenters. The van der Waals surface area contributed by atoms with Crippen molar-refractivity contribution in [2.75, 3.05) is 5.73 Å². The van der Waals surface area contributed by atoms with Crippen LogP contribution in [0.15, 0.2) is 23.7 Å². The van der Waals surface area contributed by atoms with E-state index in [9.17, 15) is 0 Å². The molecule has 0 bridgehead atoms. The second-order valence-electron chi connectivity index (χ2n) is 3.95. The maximum absolute atomic E-state index is 5.99. The summed E-state index contributed by atoms with van der Waals surface area (Å²) in [6.45, 7) is 2.74. The molecule has 96 valence electrons. The van der Waals surface area contributed by atoms with Crippen molar-refractivity contribution < 1.29 is 0 Å². The molecule has 6 heteroatoms.